The van der Waals surface area contributed by atoms with Crippen LogP contribution < -0.4 is 10.2 Å². The first-order valence-corrected chi connectivity index (χ1v) is 15.8. The molecule has 1 aliphatic heterocycles. The molecule has 1 N–H and O–H groups in total. The van der Waals surface area contributed by atoms with Gasteiger partial charge in [0.2, 0.25) is 5.91 Å². The van der Waals surface area contributed by atoms with Crippen LogP contribution in [0.2, 0.25) is 0 Å². The Morgan fingerprint density at radius 2 is 1.74 bits per heavy atom. The molecule has 1 aliphatic rings. The lowest BCUT2D eigenvalue weighted by molar-refractivity contribution is -0.129. The maximum absolute atomic E-state index is 12.1. The van der Waals surface area contributed by atoms with Gasteiger partial charge >= 0.3 is 0 Å². The first-order chi connectivity index (χ1) is 20.0. The number of aryl methyl sites for hydroxylation is 3. The fourth-order valence-corrected chi connectivity index (χ4v) is 6.35. The van der Waals surface area contributed by atoms with Crippen LogP contribution in [0.5, 0.6) is 0 Å². The van der Waals surface area contributed by atoms with Crippen LogP contribution in [0.1, 0.15) is 23.9 Å². The average molecular weight is 587 g/mol. The van der Waals surface area contributed by atoms with Crippen molar-refractivity contribution < 1.29 is 13.2 Å². The number of hydrogen-bond acceptors (Lipinski definition) is 8. The van der Waals surface area contributed by atoms with E-state index in [0.717, 1.165) is 50.6 Å². The molecule has 4 heterocycles. The number of nitrogens with zero attached hydrogens (tertiary/aromatic N) is 7. The minimum Gasteiger partial charge on any atom is -0.366 e. The van der Waals surface area contributed by atoms with Crippen LogP contribution in [0.25, 0.3) is 27.7 Å². The zero-order valence-corrected chi connectivity index (χ0v) is 25.2. The third-order valence-electron chi connectivity index (χ3n) is 7.92. The fraction of sp³-hybridized carbons (Fsp3) is 0.333. The van der Waals surface area contributed by atoms with E-state index >= 15 is 0 Å². The lowest BCUT2D eigenvalue weighted by atomic mass is 10.0. The highest BCUT2D eigenvalue weighted by atomic mass is 32.2. The van der Waals surface area contributed by atoms with E-state index in [4.69, 9.17) is 10.1 Å². The Balaban J connectivity index is 1.44. The molecule has 0 atom stereocenters. The molecule has 1 amide bonds. The molecule has 1 fully saturated rings. The van der Waals surface area contributed by atoms with Gasteiger partial charge in [-0.05, 0) is 43.2 Å². The zero-order valence-electron chi connectivity index (χ0n) is 24.4. The van der Waals surface area contributed by atoms with Crippen molar-refractivity contribution in [1.29, 1.82) is 0 Å². The SMILES string of the molecule is CC(=O)N1CCN(c2cc(NCc3cccc(S(C)(=O)=O)c3)n3nc(C)c(-c4ccc5c(C)nn(C)c5c4)c3n2)CC1. The summed E-state index contributed by atoms with van der Waals surface area (Å²) in [4.78, 5) is 21.4. The summed E-state index contributed by atoms with van der Waals surface area (Å²) in [5.41, 5.74) is 6.32. The van der Waals surface area contributed by atoms with Crippen LogP contribution in [-0.4, -0.2) is 76.0 Å². The monoisotopic (exact) mass is 586 g/mol. The first kappa shape index (κ1) is 27.7. The third kappa shape index (κ3) is 5.06. The number of amides is 1. The number of sulfone groups is 1. The van der Waals surface area contributed by atoms with Crippen molar-refractivity contribution in [1.82, 2.24) is 29.3 Å². The van der Waals surface area contributed by atoms with E-state index in [1.807, 2.05) is 47.1 Å². The number of anilines is 2. The first-order valence-electron chi connectivity index (χ1n) is 13.9. The van der Waals surface area contributed by atoms with Gasteiger partial charge in [-0.1, -0.05) is 24.3 Å². The molecule has 3 aromatic heterocycles. The topological polar surface area (TPSA) is 118 Å². The third-order valence-corrected chi connectivity index (χ3v) is 9.03. The second kappa shape index (κ2) is 10.4. The van der Waals surface area contributed by atoms with Crippen LogP contribution in [0.3, 0.4) is 0 Å². The van der Waals surface area contributed by atoms with Crippen molar-refractivity contribution in [3.05, 3.63) is 65.5 Å². The number of piperazine rings is 1. The predicted octanol–water partition coefficient (Wildman–Crippen LogP) is 3.58. The Morgan fingerprint density at radius 3 is 2.45 bits per heavy atom. The summed E-state index contributed by atoms with van der Waals surface area (Å²) in [5.74, 6) is 1.60. The Bertz CT molecular complexity index is 1950. The Morgan fingerprint density at radius 1 is 0.976 bits per heavy atom. The minimum absolute atomic E-state index is 0.0752. The molecule has 0 saturated carbocycles. The average Bonchev–Trinajstić information content (AvgIpc) is 3.45. The van der Waals surface area contributed by atoms with Crippen LogP contribution >= 0.6 is 0 Å². The quantitative estimate of drug-likeness (QED) is 0.321. The van der Waals surface area contributed by atoms with E-state index in [0.29, 0.717) is 38.4 Å². The predicted molar refractivity (Wildman–Crippen MR) is 164 cm³/mol. The van der Waals surface area contributed by atoms with Gasteiger partial charge < -0.3 is 15.1 Å². The maximum atomic E-state index is 12.1. The summed E-state index contributed by atoms with van der Waals surface area (Å²) in [6, 6.07) is 15.2. The zero-order chi connectivity index (χ0) is 29.8. The summed E-state index contributed by atoms with van der Waals surface area (Å²) in [5, 5.41) is 14.1. The molecule has 0 aliphatic carbocycles. The molecule has 11 nitrogen and oxygen atoms in total. The molecule has 0 spiro atoms. The number of fused-ring (bicyclic) bond motifs is 2. The molecule has 12 heteroatoms. The van der Waals surface area contributed by atoms with E-state index < -0.39 is 9.84 Å². The fourth-order valence-electron chi connectivity index (χ4n) is 5.66. The highest BCUT2D eigenvalue weighted by molar-refractivity contribution is 7.90. The summed E-state index contributed by atoms with van der Waals surface area (Å²) < 4.78 is 27.9. The molecule has 0 unspecified atom stereocenters. The number of rotatable bonds is 6. The van der Waals surface area contributed by atoms with Crippen molar-refractivity contribution in [3.8, 4) is 11.1 Å². The van der Waals surface area contributed by atoms with Crippen LogP contribution in [0.4, 0.5) is 11.6 Å². The van der Waals surface area contributed by atoms with E-state index in [2.05, 4.69) is 33.5 Å². The number of carbonyl (C=O) groups is 1. The second-order valence-corrected chi connectivity index (χ2v) is 12.9. The van der Waals surface area contributed by atoms with Gasteiger partial charge in [0.25, 0.3) is 0 Å². The van der Waals surface area contributed by atoms with E-state index in [1.165, 1.54) is 6.26 Å². The van der Waals surface area contributed by atoms with Crippen molar-refractivity contribution in [3.63, 3.8) is 0 Å². The van der Waals surface area contributed by atoms with Gasteiger partial charge in [-0.25, -0.2) is 13.4 Å². The van der Waals surface area contributed by atoms with Gasteiger partial charge in [0, 0.05) is 70.0 Å². The van der Waals surface area contributed by atoms with E-state index in [1.54, 1.807) is 25.1 Å². The van der Waals surface area contributed by atoms with Crippen molar-refractivity contribution in [2.45, 2.75) is 32.2 Å². The maximum Gasteiger partial charge on any atom is 0.219 e. The normalized spacial score (nSPS) is 14.2. The van der Waals surface area contributed by atoms with Crippen molar-refractivity contribution >= 4 is 43.9 Å². The lowest BCUT2D eigenvalue weighted by Gasteiger charge is -2.35. The van der Waals surface area contributed by atoms with Crippen molar-refractivity contribution in [2.24, 2.45) is 7.05 Å². The van der Waals surface area contributed by atoms with Gasteiger partial charge in [0.05, 0.1) is 21.8 Å². The Hall–Kier alpha value is -4.45. The standard InChI is InChI=1S/C30H34N8O3S/c1-19-25-10-9-23(16-26(25)35(4)33-19)29-20(2)34-38-27(31-18-22-7-6-8-24(15-22)42(5,40)41)17-28(32-30(29)38)37-13-11-36(12-14-37)21(3)39/h6-10,15-17,31H,11-14,18H2,1-5H3. The van der Waals surface area contributed by atoms with Crippen LogP contribution in [-0.2, 0) is 28.2 Å². The lowest BCUT2D eigenvalue weighted by Crippen LogP contribution is -2.48. The minimum atomic E-state index is -3.32. The van der Waals surface area contributed by atoms with Crippen molar-refractivity contribution in [2.75, 3.05) is 42.7 Å². The van der Waals surface area contributed by atoms with Gasteiger partial charge in [-0.15, -0.1) is 0 Å². The van der Waals surface area contributed by atoms with Gasteiger partial charge in [0.1, 0.15) is 11.6 Å². The molecule has 6 rings (SSSR count). The number of aromatic nitrogens is 5. The second-order valence-electron chi connectivity index (χ2n) is 10.9. The molecular formula is C30H34N8O3S. The molecule has 0 bridgehead atoms. The molecule has 42 heavy (non-hydrogen) atoms. The van der Waals surface area contributed by atoms with E-state index in [9.17, 15) is 13.2 Å². The van der Waals surface area contributed by atoms with Crippen LogP contribution in [0, 0.1) is 13.8 Å². The number of hydrogen-bond donors (Lipinski definition) is 1. The van der Waals surface area contributed by atoms with Crippen LogP contribution in [0.15, 0.2) is 53.4 Å². The molecule has 218 valence electrons. The van der Waals surface area contributed by atoms with Gasteiger partial charge in [-0.3, -0.25) is 9.48 Å². The smallest absolute Gasteiger partial charge is 0.219 e. The summed E-state index contributed by atoms with van der Waals surface area (Å²) in [6.45, 7) is 8.58. The summed E-state index contributed by atoms with van der Waals surface area (Å²) in [7, 11) is -1.38. The highest BCUT2D eigenvalue weighted by Crippen LogP contribution is 2.33. The summed E-state index contributed by atoms with van der Waals surface area (Å²) >= 11 is 0. The highest BCUT2D eigenvalue weighted by Gasteiger charge is 2.23. The molecular weight excluding hydrogens is 552 g/mol. The number of nitrogens with one attached hydrogen (secondary N) is 1. The Kier molecular flexibility index (Phi) is 6.88. The van der Waals surface area contributed by atoms with Gasteiger partial charge in [-0.2, -0.15) is 14.7 Å². The number of benzene rings is 2. The Labute approximate surface area is 244 Å². The molecule has 5 aromatic rings. The summed E-state index contributed by atoms with van der Waals surface area (Å²) in [6.07, 6.45) is 1.21. The molecule has 1 saturated heterocycles. The number of carbonyl (C=O) groups excluding carboxylic acids is 1. The van der Waals surface area contributed by atoms with Gasteiger partial charge in [0.15, 0.2) is 15.5 Å². The largest absolute Gasteiger partial charge is 0.366 e. The molecule has 2 aromatic carbocycles. The van der Waals surface area contributed by atoms with E-state index in [-0.39, 0.29) is 10.8 Å². The molecule has 0 radical (unpaired) electrons.